The number of aromatic nitrogens is 4. The van der Waals surface area contributed by atoms with E-state index in [1.54, 1.807) is 17.2 Å². The van der Waals surface area contributed by atoms with Crippen LogP contribution in [0.25, 0.3) is 11.4 Å². The van der Waals surface area contributed by atoms with Crippen LogP contribution in [0.5, 0.6) is 0 Å². The highest BCUT2D eigenvalue weighted by Gasteiger charge is 2.24. The van der Waals surface area contributed by atoms with Crippen LogP contribution >= 0.6 is 0 Å². The molecule has 132 valence electrons. The molecule has 1 amide bonds. The van der Waals surface area contributed by atoms with Gasteiger partial charge < -0.3 is 9.64 Å². The van der Waals surface area contributed by atoms with Crippen LogP contribution in [0, 0.1) is 5.82 Å². The number of carbonyl (C=O) groups is 1. The van der Waals surface area contributed by atoms with Crippen LogP contribution in [-0.4, -0.2) is 49.4 Å². The molecule has 1 aliphatic rings. The van der Waals surface area contributed by atoms with Gasteiger partial charge >= 0.3 is 6.09 Å². The molecule has 1 aliphatic heterocycles. The fourth-order valence-corrected chi connectivity index (χ4v) is 2.42. The van der Waals surface area contributed by atoms with Crippen LogP contribution in [0.3, 0.4) is 0 Å². The van der Waals surface area contributed by atoms with E-state index < -0.39 is 11.4 Å². The third-order valence-electron chi connectivity index (χ3n) is 3.57. The van der Waals surface area contributed by atoms with Crippen molar-refractivity contribution in [1.82, 2.24) is 24.6 Å². The van der Waals surface area contributed by atoms with Crippen LogP contribution in [-0.2, 0) is 4.74 Å². The van der Waals surface area contributed by atoms with Crippen molar-refractivity contribution in [2.75, 3.05) is 13.1 Å². The summed E-state index contributed by atoms with van der Waals surface area (Å²) in [7, 11) is 0. The van der Waals surface area contributed by atoms with E-state index in [2.05, 4.69) is 15.1 Å². The number of ether oxygens (including phenoxy) is 1. The van der Waals surface area contributed by atoms with E-state index in [0.29, 0.717) is 31.2 Å². The fraction of sp³-hybridized carbons (Fsp3) is 0.412. The molecule has 0 bridgehead atoms. The minimum Gasteiger partial charge on any atom is -0.444 e. The van der Waals surface area contributed by atoms with Crippen LogP contribution in [0.15, 0.2) is 30.7 Å². The first-order valence-corrected chi connectivity index (χ1v) is 8.03. The number of hydrogen-bond acceptors (Lipinski definition) is 5. The summed E-state index contributed by atoms with van der Waals surface area (Å²) in [5.74, 6) is 0.617. The second-order valence-electron chi connectivity index (χ2n) is 6.75. The number of rotatable bonds is 2. The molecule has 7 nitrogen and oxygen atoms in total. The van der Waals surface area contributed by atoms with Crippen molar-refractivity contribution in [3.05, 3.63) is 42.4 Å². The molecule has 3 rings (SSSR count). The smallest absolute Gasteiger partial charge is 0.410 e. The quantitative estimate of drug-likeness (QED) is 0.837. The van der Waals surface area contributed by atoms with E-state index in [9.17, 15) is 9.18 Å². The monoisotopic (exact) mass is 345 g/mol. The summed E-state index contributed by atoms with van der Waals surface area (Å²) < 4.78 is 19.9. The maximum Gasteiger partial charge on any atom is 0.410 e. The molecule has 25 heavy (non-hydrogen) atoms. The fourth-order valence-electron chi connectivity index (χ4n) is 2.42. The lowest BCUT2D eigenvalue weighted by molar-refractivity contribution is 0.0270. The van der Waals surface area contributed by atoms with Gasteiger partial charge in [-0.1, -0.05) is 6.08 Å². The van der Waals surface area contributed by atoms with Gasteiger partial charge in [-0.3, -0.25) is 0 Å². The molecule has 0 unspecified atom stereocenters. The van der Waals surface area contributed by atoms with Gasteiger partial charge in [0.25, 0.3) is 0 Å². The van der Waals surface area contributed by atoms with Crippen molar-refractivity contribution >= 4 is 11.7 Å². The SMILES string of the molecule is CC(C)(C)OC(=O)N1CC=C(c2nccc(-n3cc(F)cn3)n2)CC1. The molecule has 2 aromatic rings. The molecule has 0 aromatic carbocycles. The predicted octanol–water partition coefficient (Wildman–Crippen LogP) is 2.83. The highest BCUT2D eigenvalue weighted by Crippen LogP contribution is 2.21. The minimum absolute atomic E-state index is 0.329. The molecule has 0 radical (unpaired) electrons. The Hall–Kier alpha value is -2.77. The van der Waals surface area contributed by atoms with E-state index in [1.165, 1.54) is 10.9 Å². The molecule has 2 aromatic heterocycles. The van der Waals surface area contributed by atoms with Gasteiger partial charge in [-0.25, -0.2) is 23.8 Å². The summed E-state index contributed by atoms with van der Waals surface area (Å²) in [5, 5.41) is 3.90. The zero-order valence-electron chi connectivity index (χ0n) is 14.4. The third-order valence-corrected chi connectivity index (χ3v) is 3.57. The van der Waals surface area contributed by atoms with E-state index in [1.807, 2.05) is 26.8 Å². The molecule has 0 saturated carbocycles. The first kappa shape index (κ1) is 17.1. The molecule has 0 aliphatic carbocycles. The van der Waals surface area contributed by atoms with Gasteiger partial charge in [0.1, 0.15) is 5.60 Å². The third kappa shape index (κ3) is 4.20. The first-order chi connectivity index (χ1) is 11.8. The maximum atomic E-state index is 13.1. The lowest BCUT2D eigenvalue weighted by Gasteiger charge is -2.29. The topological polar surface area (TPSA) is 73.1 Å². The predicted molar refractivity (Wildman–Crippen MR) is 89.5 cm³/mol. The Bertz CT molecular complexity index is 809. The molecule has 8 heteroatoms. The van der Waals surface area contributed by atoms with E-state index in [4.69, 9.17) is 4.74 Å². The van der Waals surface area contributed by atoms with Gasteiger partial charge in [0.15, 0.2) is 17.5 Å². The number of amides is 1. The van der Waals surface area contributed by atoms with Crippen molar-refractivity contribution in [3.8, 4) is 5.82 Å². The molecular formula is C17H20FN5O2. The highest BCUT2D eigenvalue weighted by atomic mass is 19.1. The zero-order chi connectivity index (χ0) is 18.0. The van der Waals surface area contributed by atoms with E-state index in [0.717, 1.165) is 11.8 Å². The first-order valence-electron chi connectivity index (χ1n) is 8.03. The standard InChI is InChI=1S/C17H20FN5O2/c1-17(2,3)25-16(24)22-8-5-12(6-9-22)15-19-7-4-14(21-15)23-11-13(18)10-20-23/h4-5,7,10-11H,6,8-9H2,1-3H3. The Kier molecular flexibility index (Phi) is 4.52. The molecule has 0 spiro atoms. The molecule has 0 atom stereocenters. The lowest BCUT2D eigenvalue weighted by atomic mass is 10.1. The second kappa shape index (κ2) is 6.62. The second-order valence-corrected chi connectivity index (χ2v) is 6.75. The maximum absolute atomic E-state index is 13.1. The summed E-state index contributed by atoms with van der Waals surface area (Å²) in [5.41, 5.74) is 0.423. The van der Waals surface area contributed by atoms with Gasteiger partial charge in [-0.05, 0) is 32.8 Å². The summed E-state index contributed by atoms with van der Waals surface area (Å²) in [6, 6.07) is 1.66. The summed E-state index contributed by atoms with van der Waals surface area (Å²) in [6.45, 7) is 6.49. The van der Waals surface area contributed by atoms with Gasteiger partial charge in [0.05, 0.1) is 12.4 Å². The Morgan fingerprint density at radius 1 is 1.36 bits per heavy atom. The molecule has 3 heterocycles. The Morgan fingerprint density at radius 2 is 2.16 bits per heavy atom. The molecule has 0 saturated heterocycles. The zero-order valence-corrected chi connectivity index (χ0v) is 14.4. The Labute approximate surface area is 145 Å². The number of halogens is 1. The van der Waals surface area contributed by atoms with Crippen molar-refractivity contribution in [1.29, 1.82) is 0 Å². The normalized spacial score (nSPS) is 15.0. The van der Waals surface area contributed by atoms with Crippen molar-refractivity contribution in [3.63, 3.8) is 0 Å². The molecular weight excluding hydrogens is 325 g/mol. The van der Waals surface area contributed by atoms with Crippen molar-refractivity contribution in [2.45, 2.75) is 32.8 Å². The molecule has 0 N–H and O–H groups in total. The summed E-state index contributed by atoms with van der Waals surface area (Å²) >= 11 is 0. The van der Waals surface area contributed by atoms with Crippen LogP contribution in [0.4, 0.5) is 9.18 Å². The number of nitrogens with zero attached hydrogens (tertiary/aromatic N) is 5. The summed E-state index contributed by atoms with van der Waals surface area (Å²) in [4.78, 5) is 22.4. The van der Waals surface area contributed by atoms with Crippen LogP contribution in [0.2, 0.25) is 0 Å². The lowest BCUT2D eigenvalue weighted by Crippen LogP contribution is -2.39. The molecule has 0 fully saturated rings. The average Bonchev–Trinajstić information content (AvgIpc) is 3.00. The van der Waals surface area contributed by atoms with Gasteiger partial charge in [0.2, 0.25) is 0 Å². The largest absolute Gasteiger partial charge is 0.444 e. The average molecular weight is 345 g/mol. The van der Waals surface area contributed by atoms with Gasteiger partial charge in [-0.15, -0.1) is 0 Å². The number of carbonyl (C=O) groups excluding carboxylic acids is 1. The van der Waals surface area contributed by atoms with Gasteiger partial charge in [-0.2, -0.15) is 5.10 Å². The summed E-state index contributed by atoms with van der Waals surface area (Å²) in [6.07, 6.45) is 6.20. The number of hydrogen-bond donors (Lipinski definition) is 0. The van der Waals surface area contributed by atoms with E-state index in [-0.39, 0.29) is 6.09 Å². The van der Waals surface area contributed by atoms with Crippen molar-refractivity contribution in [2.24, 2.45) is 0 Å². The Morgan fingerprint density at radius 3 is 2.76 bits per heavy atom. The van der Waals surface area contributed by atoms with Crippen molar-refractivity contribution < 1.29 is 13.9 Å². The minimum atomic E-state index is -0.516. The highest BCUT2D eigenvalue weighted by molar-refractivity contribution is 5.71. The van der Waals surface area contributed by atoms with Crippen LogP contribution in [0.1, 0.15) is 33.0 Å². The van der Waals surface area contributed by atoms with Crippen LogP contribution < -0.4 is 0 Å². The Balaban J connectivity index is 1.73. The van der Waals surface area contributed by atoms with Gasteiger partial charge in [0, 0.05) is 25.4 Å². The van der Waals surface area contributed by atoms with E-state index >= 15 is 0 Å².